The number of nitriles is 1. The summed E-state index contributed by atoms with van der Waals surface area (Å²) in [6, 6.07) is 12.7. The summed E-state index contributed by atoms with van der Waals surface area (Å²) in [6.07, 6.45) is 5.71. The lowest BCUT2D eigenvalue weighted by Gasteiger charge is -2.36. The number of hydrogen-bond donors (Lipinski definition) is 0. The van der Waals surface area contributed by atoms with Gasteiger partial charge in [0.1, 0.15) is 21.8 Å². The van der Waals surface area contributed by atoms with Gasteiger partial charge in [0.15, 0.2) is 0 Å². The lowest BCUT2D eigenvalue weighted by molar-refractivity contribution is -0.121. The molecule has 0 bridgehead atoms. The van der Waals surface area contributed by atoms with Crippen LogP contribution in [0.5, 0.6) is 0 Å². The summed E-state index contributed by atoms with van der Waals surface area (Å²) in [4.78, 5) is 30.8. The highest BCUT2D eigenvalue weighted by Gasteiger charge is 2.33. The molecule has 1 aromatic heterocycles. The molecule has 0 unspecified atom stereocenters. The fourth-order valence-electron chi connectivity index (χ4n) is 5.12. The normalized spacial score (nSPS) is 17.8. The van der Waals surface area contributed by atoms with Crippen LogP contribution < -0.4 is 10.5 Å². The van der Waals surface area contributed by atoms with Crippen LogP contribution in [0.2, 0.25) is 0 Å². The molecule has 0 saturated carbocycles. The Hall–Kier alpha value is -2.89. The van der Waals surface area contributed by atoms with E-state index in [0.29, 0.717) is 33.8 Å². The van der Waals surface area contributed by atoms with E-state index in [4.69, 9.17) is 12.2 Å². The molecule has 1 aromatic carbocycles. The van der Waals surface area contributed by atoms with Crippen LogP contribution in [-0.4, -0.2) is 39.3 Å². The summed E-state index contributed by atoms with van der Waals surface area (Å²) in [5, 5.41) is 9.83. The molecule has 188 valence electrons. The molecule has 0 aliphatic carbocycles. The van der Waals surface area contributed by atoms with E-state index in [2.05, 4.69) is 35.2 Å². The van der Waals surface area contributed by atoms with Gasteiger partial charge in [-0.05, 0) is 62.7 Å². The molecule has 2 aliphatic rings. The molecule has 0 spiro atoms. The Balaban J connectivity index is 1.74. The number of amides is 1. The van der Waals surface area contributed by atoms with Crippen LogP contribution in [0.25, 0.3) is 6.08 Å². The van der Waals surface area contributed by atoms with Crippen molar-refractivity contribution in [2.75, 3.05) is 24.5 Å². The van der Waals surface area contributed by atoms with Crippen LogP contribution in [0.4, 0.5) is 5.82 Å². The second-order valence-electron chi connectivity index (χ2n) is 9.35. The zero-order valence-electron chi connectivity index (χ0n) is 21.1. The number of carbonyl (C=O) groups excluding carboxylic acids is 1. The molecule has 0 atom stereocenters. The van der Waals surface area contributed by atoms with E-state index in [9.17, 15) is 14.9 Å². The van der Waals surface area contributed by atoms with Crippen molar-refractivity contribution >= 4 is 46.1 Å². The van der Waals surface area contributed by atoms with E-state index < -0.39 is 0 Å². The van der Waals surface area contributed by atoms with E-state index in [-0.39, 0.29) is 17.0 Å². The molecule has 36 heavy (non-hydrogen) atoms. The Bertz CT molecular complexity index is 1290. The zero-order chi connectivity index (χ0) is 25.8. The monoisotopic (exact) mass is 520 g/mol. The van der Waals surface area contributed by atoms with Crippen molar-refractivity contribution in [3.05, 3.63) is 67.8 Å². The molecule has 2 aliphatic heterocycles. The van der Waals surface area contributed by atoms with Crippen molar-refractivity contribution in [1.82, 2.24) is 9.47 Å². The van der Waals surface area contributed by atoms with E-state index in [0.717, 1.165) is 50.2 Å². The lowest BCUT2D eigenvalue weighted by atomic mass is 9.90. The van der Waals surface area contributed by atoms with Gasteiger partial charge in [-0.15, -0.1) is 0 Å². The summed E-state index contributed by atoms with van der Waals surface area (Å²) in [5.41, 5.74) is 2.64. The van der Waals surface area contributed by atoms with E-state index in [1.807, 2.05) is 32.9 Å². The first-order valence-corrected chi connectivity index (χ1v) is 13.8. The van der Waals surface area contributed by atoms with Gasteiger partial charge < -0.3 is 4.90 Å². The quantitative estimate of drug-likeness (QED) is 0.373. The summed E-state index contributed by atoms with van der Waals surface area (Å²) in [6.45, 7) is 8.42. The highest BCUT2D eigenvalue weighted by atomic mass is 32.2. The van der Waals surface area contributed by atoms with Crippen molar-refractivity contribution < 1.29 is 4.79 Å². The van der Waals surface area contributed by atoms with Crippen molar-refractivity contribution in [3.63, 3.8) is 0 Å². The van der Waals surface area contributed by atoms with Gasteiger partial charge in [0.2, 0.25) is 0 Å². The number of hydrogen-bond acceptors (Lipinski definition) is 6. The molecule has 0 N–H and O–H groups in total. The Kier molecular flexibility index (Phi) is 8.32. The van der Waals surface area contributed by atoms with Crippen LogP contribution in [0.15, 0.2) is 40.0 Å². The lowest BCUT2D eigenvalue weighted by Crippen LogP contribution is -2.40. The third kappa shape index (κ3) is 5.14. The predicted octanol–water partition coefficient (Wildman–Crippen LogP) is 5.12. The molecule has 4 rings (SSSR count). The van der Waals surface area contributed by atoms with Gasteiger partial charge in [-0.1, -0.05) is 61.2 Å². The van der Waals surface area contributed by atoms with Crippen LogP contribution >= 0.6 is 24.0 Å². The number of thiocarbonyl (C=S) groups is 1. The predicted molar refractivity (Wildman–Crippen MR) is 151 cm³/mol. The first-order chi connectivity index (χ1) is 17.4. The molecular formula is C28H32N4O2S2. The Labute approximate surface area is 222 Å². The number of aromatic nitrogens is 1. The molecule has 2 saturated heterocycles. The van der Waals surface area contributed by atoms with Crippen molar-refractivity contribution in [1.29, 1.82) is 5.26 Å². The van der Waals surface area contributed by atoms with Crippen LogP contribution in [-0.2, 0) is 17.8 Å². The Morgan fingerprint density at radius 1 is 1.17 bits per heavy atom. The average molecular weight is 521 g/mol. The highest BCUT2D eigenvalue weighted by Crippen LogP contribution is 2.37. The van der Waals surface area contributed by atoms with Crippen LogP contribution in [0, 0.1) is 24.2 Å². The summed E-state index contributed by atoms with van der Waals surface area (Å²) >= 11 is 6.70. The molecular weight excluding hydrogens is 488 g/mol. The fraction of sp³-hybridized carbons (Fsp3) is 0.429. The van der Waals surface area contributed by atoms with E-state index >= 15 is 0 Å². The first kappa shape index (κ1) is 26.2. The van der Waals surface area contributed by atoms with Crippen molar-refractivity contribution in [3.8, 4) is 6.07 Å². The van der Waals surface area contributed by atoms with Crippen molar-refractivity contribution in [2.45, 2.75) is 53.0 Å². The van der Waals surface area contributed by atoms with Crippen molar-refractivity contribution in [2.24, 2.45) is 5.92 Å². The maximum Gasteiger partial charge on any atom is 0.270 e. The minimum absolute atomic E-state index is 0.119. The largest absolute Gasteiger partial charge is 0.357 e. The number of carbonyl (C=O) groups is 1. The van der Waals surface area contributed by atoms with Gasteiger partial charge in [-0.2, -0.15) is 5.26 Å². The Morgan fingerprint density at radius 3 is 2.44 bits per heavy atom. The summed E-state index contributed by atoms with van der Waals surface area (Å²) in [7, 11) is 0. The number of piperidine rings is 1. The number of benzene rings is 1. The number of pyridine rings is 1. The highest BCUT2D eigenvalue weighted by molar-refractivity contribution is 8.26. The molecule has 3 heterocycles. The zero-order valence-corrected chi connectivity index (χ0v) is 22.8. The van der Waals surface area contributed by atoms with Gasteiger partial charge in [-0.3, -0.25) is 19.1 Å². The van der Waals surface area contributed by atoms with Crippen LogP contribution in [0.3, 0.4) is 0 Å². The molecule has 1 amide bonds. The van der Waals surface area contributed by atoms with E-state index in [1.54, 1.807) is 9.47 Å². The van der Waals surface area contributed by atoms with Gasteiger partial charge in [0.25, 0.3) is 11.5 Å². The number of nitrogens with zero attached hydrogens (tertiary/aromatic N) is 4. The molecule has 2 fully saturated rings. The first-order valence-electron chi connectivity index (χ1n) is 12.6. The maximum atomic E-state index is 13.4. The second kappa shape index (κ2) is 11.4. The number of anilines is 1. The van der Waals surface area contributed by atoms with Gasteiger partial charge in [0, 0.05) is 31.7 Å². The third-order valence-corrected chi connectivity index (χ3v) is 8.42. The average Bonchev–Trinajstić information content (AvgIpc) is 3.15. The number of thioether (sulfide) groups is 1. The van der Waals surface area contributed by atoms with Gasteiger partial charge in [0.05, 0.1) is 4.91 Å². The number of rotatable bonds is 7. The smallest absolute Gasteiger partial charge is 0.270 e. The fourth-order valence-corrected chi connectivity index (χ4v) is 6.48. The SMILES string of the molecule is CCCn1c(N2CCC(Cc3ccccc3)CC2)c(C=C2SC(=S)N(CC)C2=O)c(C)c(C#N)c1=O. The van der Waals surface area contributed by atoms with Gasteiger partial charge in [-0.25, -0.2) is 0 Å². The maximum absolute atomic E-state index is 13.4. The van der Waals surface area contributed by atoms with Crippen LogP contribution in [0.1, 0.15) is 55.4 Å². The van der Waals surface area contributed by atoms with E-state index in [1.165, 1.54) is 17.3 Å². The minimum atomic E-state index is -0.253. The molecule has 0 radical (unpaired) electrons. The summed E-state index contributed by atoms with van der Waals surface area (Å²) < 4.78 is 2.28. The third-order valence-electron chi connectivity index (χ3n) is 7.04. The number of likely N-dealkylation sites (N-methyl/N-ethyl adjacent to an activating group) is 1. The Morgan fingerprint density at radius 2 is 1.86 bits per heavy atom. The second-order valence-corrected chi connectivity index (χ2v) is 11.0. The molecule has 2 aromatic rings. The minimum Gasteiger partial charge on any atom is -0.357 e. The molecule has 8 heteroatoms. The summed E-state index contributed by atoms with van der Waals surface area (Å²) in [5.74, 6) is 1.28. The van der Waals surface area contributed by atoms with Gasteiger partial charge >= 0.3 is 0 Å². The standard InChI is InChI=1S/C28H32N4O2S2/c1-4-13-32-25(30-14-11-21(12-15-30)16-20-9-7-6-8-10-20)22(19(3)23(18-29)26(32)33)17-24-27(34)31(5-2)28(35)36-24/h6-10,17,21H,4-5,11-16H2,1-3H3. The molecule has 6 nitrogen and oxygen atoms in total. The topological polar surface area (TPSA) is 69.3 Å².